The second-order valence-corrected chi connectivity index (χ2v) is 4.42. The van der Waals surface area contributed by atoms with Crippen molar-refractivity contribution in [1.29, 1.82) is 0 Å². The lowest BCUT2D eigenvalue weighted by atomic mass is 10.0. The molecule has 3 heteroatoms. The Hall–Kier alpha value is -0.960. The maximum atomic E-state index is 11.7. The van der Waals surface area contributed by atoms with E-state index in [0.717, 1.165) is 27.5 Å². The molecule has 0 bridgehead atoms. The smallest absolute Gasteiger partial charge is 0.165 e. The molecule has 0 saturated heterocycles. The standard InChI is InChI=1S/C11H12O2S/c1-7-9(13-2)3-4-10-11(7)8(12)5-6-14-10/h3-4H,5-6H2,1-2H3. The largest absolute Gasteiger partial charge is 0.496 e. The van der Waals surface area contributed by atoms with Crippen LogP contribution in [0, 0.1) is 6.92 Å². The Morgan fingerprint density at radius 1 is 1.43 bits per heavy atom. The van der Waals surface area contributed by atoms with Crippen LogP contribution >= 0.6 is 11.8 Å². The minimum Gasteiger partial charge on any atom is -0.496 e. The average molecular weight is 208 g/mol. The quantitative estimate of drug-likeness (QED) is 0.709. The highest BCUT2D eigenvalue weighted by Crippen LogP contribution is 2.35. The van der Waals surface area contributed by atoms with Crippen LogP contribution in [-0.2, 0) is 0 Å². The minimum atomic E-state index is 0.246. The maximum Gasteiger partial charge on any atom is 0.165 e. The van der Waals surface area contributed by atoms with Gasteiger partial charge in [0.25, 0.3) is 0 Å². The molecule has 0 spiro atoms. The van der Waals surface area contributed by atoms with Crippen molar-refractivity contribution < 1.29 is 9.53 Å². The van der Waals surface area contributed by atoms with E-state index in [1.54, 1.807) is 18.9 Å². The summed E-state index contributed by atoms with van der Waals surface area (Å²) in [5.41, 5.74) is 1.84. The molecule has 1 aromatic carbocycles. The molecule has 74 valence electrons. The van der Waals surface area contributed by atoms with Crippen molar-refractivity contribution in [2.45, 2.75) is 18.2 Å². The van der Waals surface area contributed by atoms with E-state index in [1.807, 2.05) is 19.1 Å². The molecule has 0 fully saturated rings. The summed E-state index contributed by atoms with van der Waals surface area (Å²) in [4.78, 5) is 12.8. The molecule has 0 atom stereocenters. The topological polar surface area (TPSA) is 26.3 Å². The van der Waals surface area contributed by atoms with Crippen LogP contribution in [0.1, 0.15) is 22.3 Å². The van der Waals surface area contributed by atoms with Crippen LogP contribution in [0.15, 0.2) is 17.0 Å². The normalized spacial score (nSPS) is 15.1. The highest BCUT2D eigenvalue weighted by molar-refractivity contribution is 7.99. The second kappa shape index (κ2) is 3.65. The van der Waals surface area contributed by atoms with Crippen molar-refractivity contribution in [3.8, 4) is 5.75 Å². The zero-order valence-corrected chi connectivity index (χ0v) is 9.11. The van der Waals surface area contributed by atoms with Gasteiger partial charge in [-0.1, -0.05) is 0 Å². The fourth-order valence-corrected chi connectivity index (χ4v) is 2.82. The SMILES string of the molecule is COc1ccc2c(c1C)C(=O)CCS2. The number of benzene rings is 1. The van der Waals surface area contributed by atoms with Crippen molar-refractivity contribution in [3.63, 3.8) is 0 Å². The van der Waals surface area contributed by atoms with Gasteiger partial charge in [0, 0.05) is 28.2 Å². The molecule has 0 N–H and O–H groups in total. The number of rotatable bonds is 1. The molecule has 0 aromatic heterocycles. The molecule has 1 aromatic rings. The van der Waals surface area contributed by atoms with Gasteiger partial charge in [-0.15, -0.1) is 11.8 Å². The molecule has 0 saturated carbocycles. The van der Waals surface area contributed by atoms with Gasteiger partial charge in [-0.2, -0.15) is 0 Å². The van der Waals surface area contributed by atoms with Crippen LogP contribution in [0.25, 0.3) is 0 Å². The fourth-order valence-electron chi connectivity index (χ4n) is 1.73. The Morgan fingerprint density at radius 2 is 2.21 bits per heavy atom. The zero-order chi connectivity index (χ0) is 10.1. The van der Waals surface area contributed by atoms with Crippen molar-refractivity contribution in [1.82, 2.24) is 0 Å². The van der Waals surface area contributed by atoms with Crippen LogP contribution in [0.3, 0.4) is 0 Å². The lowest BCUT2D eigenvalue weighted by molar-refractivity contribution is 0.0983. The van der Waals surface area contributed by atoms with Gasteiger partial charge >= 0.3 is 0 Å². The number of hydrogen-bond acceptors (Lipinski definition) is 3. The monoisotopic (exact) mass is 208 g/mol. The second-order valence-electron chi connectivity index (χ2n) is 3.29. The van der Waals surface area contributed by atoms with Gasteiger partial charge in [-0.05, 0) is 19.1 Å². The predicted octanol–water partition coefficient (Wildman–Crippen LogP) is 2.68. The van der Waals surface area contributed by atoms with Crippen LogP contribution in [0.4, 0.5) is 0 Å². The summed E-state index contributed by atoms with van der Waals surface area (Å²) in [6.07, 6.45) is 0.645. The summed E-state index contributed by atoms with van der Waals surface area (Å²) in [5.74, 6) is 1.95. The van der Waals surface area contributed by atoms with Crippen molar-refractivity contribution in [3.05, 3.63) is 23.3 Å². The maximum absolute atomic E-state index is 11.7. The van der Waals surface area contributed by atoms with E-state index in [-0.39, 0.29) is 5.78 Å². The Labute approximate surface area is 87.6 Å². The third-order valence-corrected chi connectivity index (χ3v) is 3.52. The molecule has 1 aliphatic rings. The number of hydrogen-bond donors (Lipinski definition) is 0. The third kappa shape index (κ3) is 1.42. The molecule has 0 unspecified atom stereocenters. The summed E-state index contributed by atoms with van der Waals surface area (Å²) < 4.78 is 5.20. The number of methoxy groups -OCH3 is 1. The Bertz CT molecular complexity index is 385. The number of thioether (sulfide) groups is 1. The Morgan fingerprint density at radius 3 is 2.93 bits per heavy atom. The minimum absolute atomic E-state index is 0.246. The molecule has 0 aliphatic carbocycles. The zero-order valence-electron chi connectivity index (χ0n) is 8.29. The van der Waals surface area contributed by atoms with Crippen molar-refractivity contribution in [2.75, 3.05) is 12.9 Å². The summed E-state index contributed by atoms with van der Waals surface area (Å²) in [6, 6.07) is 3.91. The number of ketones is 1. The average Bonchev–Trinajstić information content (AvgIpc) is 2.18. The summed E-state index contributed by atoms with van der Waals surface area (Å²) in [6.45, 7) is 1.95. The van der Waals surface area contributed by atoms with E-state index in [2.05, 4.69) is 0 Å². The van der Waals surface area contributed by atoms with Gasteiger partial charge in [0.15, 0.2) is 5.78 Å². The van der Waals surface area contributed by atoms with Gasteiger partial charge < -0.3 is 4.74 Å². The van der Waals surface area contributed by atoms with Crippen LogP contribution in [-0.4, -0.2) is 18.6 Å². The van der Waals surface area contributed by atoms with Gasteiger partial charge in [-0.25, -0.2) is 0 Å². The Balaban J connectivity index is 2.60. The summed E-state index contributed by atoms with van der Waals surface area (Å²) in [7, 11) is 1.63. The van der Waals surface area contributed by atoms with Crippen molar-refractivity contribution >= 4 is 17.5 Å². The van der Waals surface area contributed by atoms with Gasteiger partial charge in [0.05, 0.1) is 7.11 Å². The predicted molar refractivity (Wildman–Crippen MR) is 57.4 cm³/mol. The molecular formula is C11H12O2S. The molecule has 1 heterocycles. The van der Waals surface area contributed by atoms with Crippen LogP contribution < -0.4 is 4.74 Å². The van der Waals surface area contributed by atoms with Gasteiger partial charge in [-0.3, -0.25) is 4.79 Å². The van der Waals surface area contributed by atoms with Crippen LogP contribution in [0.5, 0.6) is 5.75 Å². The number of carbonyl (C=O) groups excluding carboxylic acids is 1. The number of carbonyl (C=O) groups is 1. The van der Waals surface area contributed by atoms with E-state index in [4.69, 9.17) is 4.74 Å². The van der Waals surface area contributed by atoms with E-state index in [1.165, 1.54) is 0 Å². The fraction of sp³-hybridized carbons (Fsp3) is 0.364. The van der Waals surface area contributed by atoms with Crippen molar-refractivity contribution in [2.24, 2.45) is 0 Å². The first-order chi connectivity index (χ1) is 6.74. The van der Waals surface area contributed by atoms with Gasteiger partial charge in [0.2, 0.25) is 0 Å². The van der Waals surface area contributed by atoms with Gasteiger partial charge in [0.1, 0.15) is 5.75 Å². The lowest BCUT2D eigenvalue weighted by Crippen LogP contribution is -2.10. The third-order valence-electron chi connectivity index (χ3n) is 2.46. The highest BCUT2D eigenvalue weighted by Gasteiger charge is 2.21. The van der Waals surface area contributed by atoms with E-state index >= 15 is 0 Å². The first-order valence-electron chi connectivity index (χ1n) is 4.57. The van der Waals surface area contributed by atoms with E-state index < -0.39 is 0 Å². The number of fused-ring (bicyclic) bond motifs is 1. The van der Waals surface area contributed by atoms with Crippen LogP contribution in [0.2, 0.25) is 0 Å². The first-order valence-corrected chi connectivity index (χ1v) is 5.56. The number of Topliss-reactive ketones (excluding diaryl/α,β-unsaturated/α-hetero) is 1. The summed E-state index contributed by atoms with van der Waals surface area (Å²) in [5, 5.41) is 0. The summed E-state index contributed by atoms with van der Waals surface area (Å²) >= 11 is 1.75. The molecule has 2 nitrogen and oxygen atoms in total. The van der Waals surface area contributed by atoms with E-state index in [9.17, 15) is 4.79 Å². The molecule has 0 amide bonds. The molecule has 0 radical (unpaired) electrons. The molecular weight excluding hydrogens is 196 g/mol. The Kier molecular flexibility index (Phi) is 2.50. The first kappa shape index (κ1) is 9.59. The molecule has 14 heavy (non-hydrogen) atoms. The lowest BCUT2D eigenvalue weighted by Gasteiger charge is -2.17. The molecule has 1 aliphatic heterocycles. The number of ether oxygens (including phenoxy) is 1. The highest BCUT2D eigenvalue weighted by atomic mass is 32.2. The molecule has 2 rings (SSSR count). The van der Waals surface area contributed by atoms with E-state index in [0.29, 0.717) is 6.42 Å².